The van der Waals surface area contributed by atoms with Gasteiger partial charge >= 0.3 is 6.09 Å². The number of likely N-dealkylation sites (tertiary alicyclic amines) is 1. The van der Waals surface area contributed by atoms with E-state index in [1.54, 1.807) is 19.1 Å². The van der Waals surface area contributed by atoms with Crippen molar-refractivity contribution in [1.29, 1.82) is 0 Å². The zero-order valence-electron chi connectivity index (χ0n) is 16.5. The SMILES string of the molecule is CN=C(NCc1cc(C)cc(OC)c1)NC1CN(C(=O)OC(C)(C)C)C1. The molecule has 0 aromatic heterocycles. The Kier molecular flexibility index (Phi) is 6.34. The molecular formula is C19H30N4O3. The standard InChI is InChI=1S/C19H30N4O3/c1-13-7-14(9-16(8-13)25-6)10-21-17(20-5)22-15-11-23(12-15)18(24)26-19(2,3)4/h7-9,15H,10-12H2,1-6H3,(H2,20,21,22). The lowest BCUT2D eigenvalue weighted by Gasteiger charge is -2.40. The van der Waals surface area contributed by atoms with Gasteiger partial charge in [0, 0.05) is 26.7 Å². The molecule has 1 fully saturated rings. The predicted molar refractivity (Wildman–Crippen MR) is 103 cm³/mol. The van der Waals surface area contributed by atoms with Crippen LogP contribution < -0.4 is 15.4 Å². The number of nitrogens with one attached hydrogen (secondary N) is 2. The van der Waals surface area contributed by atoms with E-state index in [-0.39, 0.29) is 12.1 Å². The van der Waals surface area contributed by atoms with Crippen LogP contribution in [0.3, 0.4) is 0 Å². The van der Waals surface area contributed by atoms with Gasteiger partial charge in [0.05, 0.1) is 13.2 Å². The van der Waals surface area contributed by atoms with E-state index >= 15 is 0 Å². The number of methoxy groups -OCH3 is 1. The highest BCUT2D eigenvalue weighted by Crippen LogP contribution is 2.17. The van der Waals surface area contributed by atoms with E-state index in [1.165, 1.54) is 0 Å². The molecule has 0 bridgehead atoms. The number of aryl methyl sites for hydroxylation is 1. The first-order valence-electron chi connectivity index (χ1n) is 8.80. The average Bonchev–Trinajstić information content (AvgIpc) is 2.50. The van der Waals surface area contributed by atoms with Crippen LogP contribution in [0.4, 0.5) is 4.79 Å². The summed E-state index contributed by atoms with van der Waals surface area (Å²) >= 11 is 0. The number of hydrogen-bond donors (Lipinski definition) is 2. The van der Waals surface area contributed by atoms with Gasteiger partial charge in [-0.3, -0.25) is 4.99 Å². The third kappa shape index (κ3) is 5.82. The fourth-order valence-corrected chi connectivity index (χ4v) is 2.66. The van der Waals surface area contributed by atoms with Crippen molar-refractivity contribution in [1.82, 2.24) is 15.5 Å². The van der Waals surface area contributed by atoms with Crippen LogP contribution in [0.25, 0.3) is 0 Å². The van der Waals surface area contributed by atoms with Crippen molar-refractivity contribution in [2.24, 2.45) is 4.99 Å². The fraction of sp³-hybridized carbons (Fsp3) is 0.579. The van der Waals surface area contributed by atoms with Crippen LogP contribution in [0.5, 0.6) is 5.75 Å². The Balaban J connectivity index is 1.79. The van der Waals surface area contributed by atoms with Gasteiger partial charge in [-0.25, -0.2) is 4.79 Å². The smallest absolute Gasteiger partial charge is 0.410 e. The number of aliphatic imine (C=N–C) groups is 1. The van der Waals surface area contributed by atoms with E-state index in [4.69, 9.17) is 9.47 Å². The van der Waals surface area contributed by atoms with Crippen LogP contribution >= 0.6 is 0 Å². The summed E-state index contributed by atoms with van der Waals surface area (Å²) in [6, 6.07) is 6.27. The summed E-state index contributed by atoms with van der Waals surface area (Å²) in [5.41, 5.74) is 1.80. The molecule has 1 saturated heterocycles. The summed E-state index contributed by atoms with van der Waals surface area (Å²) < 4.78 is 10.7. The molecule has 1 aliphatic rings. The maximum atomic E-state index is 12.0. The molecule has 144 valence electrons. The third-order valence-corrected chi connectivity index (χ3v) is 3.90. The summed E-state index contributed by atoms with van der Waals surface area (Å²) in [4.78, 5) is 17.9. The Morgan fingerprint density at radius 2 is 2.00 bits per heavy atom. The van der Waals surface area contributed by atoms with E-state index < -0.39 is 5.60 Å². The number of benzene rings is 1. The third-order valence-electron chi connectivity index (χ3n) is 3.90. The van der Waals surface area contributed by atoms with Crippen LogP contribution in [0.15, 0.2) is 23.2 Å². The van der Waals surface area contributed by atoms with Crippen LogP contribution in [0, 0.1) is 6.92 Å². The van der Waals surface area contributed by atoms with Crippen molar-refractivity contribution in [3.8, 4) is 5.75 Å². The highest BCUT2D eigenvalue weighted by Gasteiger charge is 2.34. The summed E-state index contributed by atoms with van der Waals surface area (Å²) in [6.45, 7) is 9.49. The summed E-state index contributed by atoms with van der Waals surface area (Å²) in [5.74, 6) is 1.55. The Labute approximate surface area is 155 Å². The molecule has 0 saturated carbocycles. The fourth-order valence-electron chi connectivity index (χ4n) is 2.66. The van der Waals surface area contributed by atoms with Crippen molar-refractivity contribution in [2.45, 2.75) is 45.9 Å². The zero-order chi connectivity index (χ0) is 19.3. The summed E-state index contributed by atoms with van der Waals surface area (Å²) in [7, 11) is 3.40. The molecule has 1 amide bonds. The van der Waals surface area contributed by atoms with Crippen LogP contribution in [-0.2, 0) is 11.3 Å². The molecule has 2 rings (SSSR count). The highest BCUT2D eigenvalue weighted by molar-refractivity contribution is 5.80. The van der Waals surface area contributed by atoms with Gasteiger partial charge in [0.15, 0.2) is 5.96 Å². The Morgan fingerprint density at radius 1 is 1.31 bits per heavy atom. The van der Waals surface area contributed by atoms with Crippen molar-refractivity contribution in [2.75, 3.05) is 27.2 Å². The number of carbonyl (C=O) groups is 1. The molecule has 0 unspecified atom stereocenters. The quantitative estimate of drug-likeness (QED) is 0.635. The number of nitrogens with zero attached hydrogens (tertiary/aromatic N) is 2. The second-order valence-electron chi connectivity index (χ2n) is 7.51. The zero-order valence-corrected chi connectivity index (χ0v) is 16.5. The van der Waals surface area contributed by atoms with E-state index in [0.29, 0.717) is 25.6 Å². The number of guanidine groups is 1. The molecule has 0 spiro atoms. The van der Waals surface area contributed by atoms with Gasteiger partial charge in [0.2, 0.25) is 0 Å². The second kappa shape index (κ2) is 8.29. The normalized spacial score (nSPS) is 15.3. The Morgan fingerprint density at radius 3 is 2.58 bits per heavy atom. The monoisotopic (exact) mass is 362 g/mol. The molecule has 7 heteroatoms. The van der Waals surface area contributed by atoms with Crippen LogP contribution in [0.1, 0.15) is 31.9 Å². The minimum atomic E-state index is -0.470. The molecule has 26 heavy (non-hydrogen) atoms. The largest absolute Gasteiger partial charge is 0.497 e. The first kappa shape index (κ1) is 19.9. The molecule has 0 aliphatic carbocycles. The molecule has 7 nitrogen and oxygen atoms in total. The van der Waals surface area contributed by atoms with Gasteiger partial charge in [-0.15, -0.1) is 0 Å². The van der Waals surface area contributed by atoms with Gasteiger partial charge in [0.25, 0.3) is 0 Å². The lowest BCUT2D eigenvalue weighted by molar-refractivity contribution is 0.00701. The summed E-state index contributed by atoms with van der Waals surface area (Å²) in [5, 5.41) is 6.62. The molecule has 0 atom stereocenters. The van der Waals surface area contributed by atoms with Crippen molar-refractivity contribution in [3.63, 3.8) is 0 Å². The number of rotatable bonds is 4. The first-order chi connectivity index (χ1) is 12.2. The Bertz CT molecular complexity index is 661. The number of carbonyl (C=O) groups excluding carboxylic acids is 1. The lowest BCUT2D eigenvalue weighted by Crippen LogP contribution is -2.63. The molecule has 2 N–H and O–H groups in total. The molecule has 1 aromatic rings. The number of amides is 1. The van der Waals surface area contributed by atoms with E-state index in [1.807, 2.05) is 39.8 Å². The Hall–Kier alpha value is -2.44. The highest BCUT2D eigenvalue weighted by atomic mass is 16.6. The second-order valence-corrected chi connectivity index (χ2v) is 7.51. The average molecular weight is 362 g/mol. The van der Waals surface area contributed by atoms with Gasteiger partial charge < -0.3 is 25.0 Å². The van der Waals surface area contributed by atoms with Crippen LogP contribution in [0.2, 0.25) is 0 Å². The minimum absolute atomic E-state index is 0.167. The molecule has 1 aliphatic heterocycles. The maximum absolute atomic E-state index is 12.0. The molecule has 1 aromatic carbocycles. The molecular weight excluding hydrogens is 332 g/mol. The topological polar surface area (TPSA) is 75.2 Å². The first-order valence-corrected chi connectivity index (χ1v) is 8.80. The van der Waals surface area contributed by atoms with Gasteiger partial charge in [0.1, 0.15) is 11.4 Å². The molecule has 0 radical (unpaired) electrons. The van der Waals surface area contributed by atoms with Crippen molar-refractivity contribution in [3.05, 3.63) is 29.3 Å². The summed E-state index contributed by atoms with van der Waals surface area (Å²) in [6.07, 6.45) is -0.273. The van der Waals surface area contributed by atoms with Gasteiger partial charge in [-0.05, 0) is 51.0 Å². The minimum Gasteiger partial charge on any atom is -0.497 e. The van der Waals surface area contributed by atoms with E-state index in [9.17, 15) is 4.79 Å². The van der Waals surface area contributed by atoms with Crippen molar-refractivity contribution >= 4 is 12.1 Å². The molecule has 1 heterocycles. The van der Waals surface area contributed by atoms with Gasteiger partial charge in [-0.2, -0.15) is 0 Å². The lowest BCUT2D eigenvalue weighted by atomic mass is 10.1. The van der Waals surface area contributed by atoms with E-state index in [0.717, 1.165) is 16.9 Å². The van der Waals surface area contributed by atoms with Gasteiger partial charge in [-0.1, -0.05) is 6.07 Å². The van der Waals surface area contributed by atoms with E-state index in [2.05, 4.69) is 21.7 Å². The maximum Gasteiger partial charge on any atom is 0.410 e. The number of ether oxygens (including phenoxy) is 2. The van der Waals surface area contributed by atoms with Crippen molar-refractivity contribution < 1.29 is 14.3 Å². The predicted octanol–water partition coefficient (Wildman–Crippen LogP) is 2.29. The van der Waals surface area contributed by atoms with Crippen LogP contribution in [-0.4, -0.2) is 55.8 Å². The number of hydrogen-bond acceptors (Lipinski definition) is 4.